The van der Waals surface area contributed by atoms with E-state index in [9.17, 15) is 18.0 Å². The first-order valence-electron chi connectivity index (χ1n) is 11.7. The van der Waals surface area contributed by atoms with Crippen LogP contribution in [0.5, 0.6) is 0 Å². The lowest BCUT2D eigenvalue weighted by atomic mass is 10.1. The lowest BCUT2D eigenvalue weighted by Gasteiger charge is -2.29. The highest BCUT2D eigenvalue weighted by Crippen LogP contribution is 2.28. The highest BCUT2D eigenvalue weighted by molar-refractivity contribution is 7.89. The number of aromatic nitrogens is 2. The number of amides is 2. The third-order valence-corrected chi connectivity index (χ3v) is 8.46. The second kappa shape index (κ2) is 8.42. The summed E-state index contributed by atoms with van der Waals surface area (Å²) in [6.07, 6.45) is 2.83. The summed E-state index contributed by atoms with van der Waals surface area (Å²) in [6, 6.07) is 13.5. The monoisotopic (exact) mass is 492 g/mol. The normalized spacial score (nSPS) is 16.5. The summed E-state index contributed by atoms with van der Waals surface area (Å²) in [5, 5.41) is 4.49. The van der Waals surface area contributed by atoms with Gasteiger partial charge in [0.2, 0.25) is 10.0 Å². The van der Waals surface area contributed by atoms with Gasteiger partial charge in [-0.3, -0.25) is 19.2 Å². The van der Waals surface area contributed by atoms with Gasteiger partial charge in [-0.1, -0.05) is 24.3 Å². The van der Waals surface area contributed by atoms with Crippen LogP contribution in [0.1, 0.15) is 58.3 Å². The summed E-state index contributed by atoms with van der Waals surface area (Å²) < 4.78 is 30.1. The minimum Gasteiger partial charge on any atom is -0.274 e. The summed E-state index contributed by atoms with van der Waals surface area (Å²) in [5.41, 5.74) is 3.58. The molecule has 0 spiro atoms. The van der Waals surface area contributed by atoms with Crippen LogP contribution in [-0.2, 0) is 34.9 Å². The number of nitrogens with zero attached hydrogens (tertiary/aromatic N) is 4. The van der Waals surface area contributed by atoms with E-state index in [0.717, 1.165) is 16.8 Å². The summed E-state index contributed by atoms with van der Waals surface area (Å²) in [6.45, 7) is 7.19. The van der Waals surface area contributed by atoms with Crippen LogP contribution < -0.4 is 0 Å². The quantitative estimate of drug-likeness (QED) is 0.510. The van der Waals surface area contributed by atoms with Gasteiger partial charge >= 0.3 is 0 Å². The van der Waals surface area contributed by atoms with E-state index in [1.807, 2.05) is 4.68 Å². The van der Waals surface area contributed by atoms with E-state index < -0.39 is 10.0 Å². The summed E-state index contributed by atoms with van der Waals surface area (Å²) in [4.78, 5) is 26.6. The van der Waals surface area contributed by atoms with Crippen molar-refractivity contribution in [1.29, 1.82) is 0 Å². The van der Waals surface area contributed by atoms with E-state index in [1.54, 1.807) is 54.7 Å². The number of benzene rings is 2. The first kappa shape index (κ1) is 23.4. The van der Waals surface area contributed by atoms with Crippen molar-refractivity contribution >= 4 is 21.8 Å². The lowest BCUT2D eigenvalue weighted by molar-refractivity contribution is 0.0656. The van der Waals surface area contributed by atoms with Gasteiger partial charge < -0.3 is 0 Å². The fraction of sp³-hybridized carbons (Fsp3) is 0.346. The molecule has 0 fully saturated rings. The first-order chi connectivity index (χ1) is 16.6. The van der Waals surface area contributed by atoms with Crippen LogP contribution in [0, 0.1) is 0 Å². The molecule has 35 heavy (non-hydrogen) atoms. The molecule has 0 radical (unpaired) electrons. The fourth-order valence-corrected chi connectivity index (χ4v) is 6.17. The molecule has 182 valence electrons. The summed E-state index contributed by atoms with van der Waals surface area (Å²) in [5.74, 6) is -0.576. The molecule has 0 N–H and O–H groups in total. The number of imide groups is 1. The molecule has 0 bridgehead atoms. The van der Waals surface area contributed by atoms with Gasteiger partial charge in [0, 0.05) is 37.3 Å². The molecule has 5 rings (SSSR count). The van der Waals surface area contributed by atoms with Gasteiger partial charge in [0.05, 0.1) is 27.8 Å². The van der Waals surface area contributed by atoms with Crippen molar-refractivity contribution in [3.8, 4) is 0 Å². The Morgan fingerprint density at radius 2 is 1.57 bits per heavy atom. The Labute approximate surface area is 205 Å². The Balaban J connectivity index is 1.26. The molecule has 9 heteroatoms. The SMILES string of the molecule is CC(C)(C)n1ncc2c1CCN(S(=O)(=O)c1ccc(CCN3C(=O)c4ccccc4C3=O)cc1)C2. The van der Waals surface area contributed by atoms with Crippen molar-refractivity contribution in [3.63, 3.8) is 0 Å². The van der Waals surface area contributed by atoms with E-state index in [1.165, 1.54) is 9.21 Å². The zero-order valence-corrected chi connectivity index (χ0v) is 20.9. The second-order valence-electron chi connectivity index (χ2n) is 9.99. The zero-order valence-electron chi connectivity index (χ0n) is 20.1. The molecule has 0 saturated carbocycles. The average molecular weight is 493 g/mol. The molecule has 2 amide bonds. The van der Waals surface area contributed by atoms with E-state index in [2.05, 4.69) is 25.9 Å². The lowest BCUT2D eigenvalue weighted by Crippen LogP contribution is -2.37. The van der Waals surface area contributed by atoms with Gasteiger partial charge in [0.15, 0.2) is 0 Å². The fourth-order valence-electron chi connectivity index (χ4n) is 4.75. The Morgan fingerprint density at radius 3 is 2.17 bits per heavy atom. The number of rotatable bonds is 5. The van der Waals surface area contributed by atoms with Crippen LogP contribution in [0.4, 0.5) is 0 Å². The molecule has 2 aliphatic heterocycles. The van der Waals surface area contributed by atoms with E-state index in [-0.39, 0.29) is 28.8 Å². The van der Waals surface area contributed by atoms with E-state index in [0.29, 0.717) is 37.1 Å². The molecule has 0 unspecified atom stereocenters. The molecule has 0 aliphatic carbocycles. The van der Waals surface area contributed by atoms with Crippen LogP contribution in [0.2, 0.25) is 0 Å². The second-order valence-corrected chi connectivity index (χ2v) is 11.9. The van der Waals surface area contributed by atoms with Crippen LogP contribution in [0.25, 0.3) is 0 Å². The first-order valence-corrected chi connectivity index (χ1v) is 13.1. The molecule has 0 saturated heterocycles. The topological polar surface area (TPSA) is 92.6 Å². The van der Waals surface area contributed by atoms with Crippen LogP contribution >= 0.6 is 0 Å². The van der Waals surface area contributed by atoms with Crippen molar-refractivity contribution in [2.45, 2.75) is 50.6 Å². The van der Waals surface area contributed by atoms with Gasteiger partial charge in [-0.15, -0.1) is 0 Å². The predicted molar refractivity (Wildman–Crippen MR) is 130 cm³/mol. The molecular weight excluding hydrogens is 464 g/mol. The Morgan fingerprint density at radius 1 is 0.943 bits per heavy atom. The maximum atomic E-state index is 13.3. The van der Waals surface area contributed by atoms with Crippen LogP contribution in [-0.4, -0.2) is 52.3 Å². The van der Waals surface area contributed by atoms with Gasteiger partial charge in [-0.05, 0) is 57.0 Å². The van der Waals surface area contributed by atoms with Crippen molar-refractivity contribution < 1.29 is 18.0 Å². The molecular formula is C26H28N4O4S. The summed E-state index contributed by atoms with van der Waals surface area (Å²) >= 11 is 0. The molecule has 2 aromatic carbocycles. The number of carbonyl (C=O) groups excluding carboxylic acids is 2. The smallest absolute Gasteiger partial charge is 0.261 e. The van der Waals surface area contributed by atoms with Crippen LogP contribution in [0.3, 0.4) is 0 Å². The van der Waals surface area contributed by atoms with Gasteiger partial charge in [-0.2, -0.15) is 9.40 Å². The molecule has 0 atom stereocenters. The van der Waals surface area contributed by atoms with Crippen molar-refractivity contribution in [2.75, 3.05) is 13.1 Å². The van der Waals surface area contributed by atoms with Crippen molar-refractivity contribution in [1.82, 2.24) is 19.0 Å². The zero-order chi connectivity index (χ0) is 25.0. The standard InChI is InChI=1S/C26H28N4O4S/c1-26(2,3)30-23-13-14-28(17-19(23)16-27-30)35(33,34)20-10-8-18(9-11-20)12-15-29-24(31)21-6-4-5-7-22(21)25(29)32/h4-11,16H,12-15,17H2,1-3H3. The number of fused-ring (bicyclic) bond motifs is 2. The number of sulfonamides is 1. The van der Waals surface area contributed by atoms with Gasteiger partial charge in [-0.25, -0.2) is 8.42 Å². The molecule has 3 aromatic rings. The number of hydrogen-bond donors (Lipinski definition) is 0. The third-order valence-electron chi connectivity index (χ3n) is 6.60. The average Bonchev–Trinajstić information content (AvgIpc) is 3.37. The maximum Gasteiger partial charge on any atom is 0.261 e. The van der Waals surface area contributed by atoms with Gasteiger partial charge in [0.1, 0.15) is 0 Å². The highest BCUT2D eigenvalue weighted by atomic mass is 32.2. The Kier molecular flexibility index (Phi) is 5.64. The van der Waals surface area contributed by atoms with Crippen molar-refractivity contribution in [3.05, 3.63) is 82.7 Å². The third kappa shape index (κ3) is 4.08. The molecule has 3 heterocycles. The number of hydrogen-bond acceptors (Lipinski definition) is 5. The van der Waals surface area contributed by atoms with E-state index >= 15 is 0 Å². The predicted octanol–water partition coefficient (Wildman–Crippen LogP) is 3.22. The minimum absolute atomic E-state index is 0.155. The number of carbonyl (C=O) groups is 2. The molecule has 1 aromatic heterocycles. The largest absolute Gasteiger partial charge is 0.274 e. The molecule has 2 aliphatic rings. The molecule has 8 nitrogen and oxygen atoms in total. The maximum absolute atomic E-state index is 13.3. The van der Waals surface area contributed by atoms with E-state index in [4.69, 9.17) is 0 Å². The Bertz CT molecular complexity index is 1380. The summed E-state index contributed by atoms with van der Waals surface area (Å²) in [7, 11) is -3.65. The highest BCUT2D eigenvalue weighted by Gasteiger charge is 2.35. The minimum atomic E-state index is -3.65. The van der Waals surface area contributed by atoms with Gasteiger partial charge in [0.25, 0.3) is 11.8 Å². The van der Waals surface area contributed by atoms with Crippen molar-refractivity contribution in [2.24, 2.45) is 0 Å². The van der Waals surface area contributed by atoms with Crippen LogP contribution in [0.15, 0.2) is 59.6 Å². The Hall–Kier alpha value is -3.30.